The summed E-state index contributed by atoms with van der Waals surface area (Å²) < 4.78 is 22.0. The van der Waals surface area contributed by atoms with Crippen LogP contribution in [-0.4, -0.2) is 58.6 Å². The smallest absolute Gasteiger partial charge is 0.155 e. The van der Waals surface area contributed by atoms with Gasteiger partial charge in [0.2, 0.25) is 0 Å². The van der Waals surface area contributed by atoms with Crippen LogP contribution in [0.25, 0.3) is 0 Å². The van der Waals surface area contributed by atoms with Crippen LogP contribution in [0.15, 0.2) is 24.3 Å². The van der Waals surface area contributed by atoms with E-state index in [4.69, 9.17) is 18.9 Å². The number of rotatable bonds is 18. The van der Waals surface area contributed by atoms with E-state index in [-0.39, 0.29) is 13.8 Å². The number of hydrogen-bond donors (Lipinski definition) is 1. The highest BCUT2D eigenvalue weighted by Crippen LogP contribution is 2.15. The topological polar surface area (TPSA) is 66.0 Å². The third-order valence-electron chi connectivity index (χ3n) is 3.65. The van der Waals surface area contributed by atoms with Crippen LogP contribution in [0.4, 0.5) is 5.69 Å². The molecule has 29 heavy (non-hydrogen) atoms. The van der Waals surface area contributed by atoms with Crippen LogP contribution in [0.1, 0.15) is 54.8 Å². The summed E-state index contributed by atoms with van der Waals surface area (Å²) in [6, 6.07) is 8.01. The first-order chi connectivity index (χ1) is 14.2. The minimum absolute atomic E-state index is 0. The van der Waals surface area contributed by atoms with Crippen molar-refractivity contribution in [1.29, 1.82) is 0 Å². The Labute approximate surface area is 178 Å². The number of carbonyl (C=O) groups is 1. The molecular formula is C23H43NO5. The van der Waals surface area contributed by atoms with Crippen molar-refractivity contribution in [3.63, 3.8) is 0 Å². The molecule has 1 N–H and O–H groups in total. The molecule has 0 spiro atoms. The molecule has 1 aromatic rings. The quantitative estimate of drug-likeness (QED) is 0.343. The van der Waals surface area contributed by atoms with E-state index in [1.807, 2.05) is 38.1 Å². The van der Waals surface area contributed by atoms with Crippen LogP contribution in [0, 0.1) is 0 Å². The first-order valence-corrected chi connectivity index (χ1v) is 10.9. The van der Waals surface area contributed by atoms with Crippen molar-refractivity contribution in [2.45, 2.75) is 53.4 Å². The molecule has 0 amide bonds. The van der Waals surface area contributed by atoms with Gasteiger partial charge in [-0.25, -0.2) is 0 Å². The van der Waals surface area contributed by atoms with E-state index >= 15 is 0 Å². The van der Waals surface area contributed by atoms with Gasteiger partial charge in [-0.15, -0.1) is 0 Å². The number of ketones is 1. The molecule has 0 aliphatic rings. The summed E-state index contributed by atoms with van der Waals surface area (Å²) in [6.45, 7) is 12.8. The fourth-order valence-corrected chi connectivity index (χ4v) is 2.32. The van der Waals surface area contributed by atoms with Crippen molar-refractivity contribution in [2.24, 2.45) is 0 Å². The lowest BCUT2D eigenvalue weighted by molar-refractivity contribution is -0.121. The van der Waals surface area contributed by atoms with Crippen molar-refractivity contribution in [3.8, 4) is 5.75 Å². The van der Waals surface area contributed by atoms with E-state index in [9.17, 15) is 4.79 Å². The van der Waals surface area contributed by atoms with Gasteiger partial charge in [0.05, 0.1) is 6.61 Å². The number of hydrogen-bond acceptors (Lipinski definition) is 6. The van der Waals surface area contributed by atoms with E-state index < -0.39 is 0 Å². The molecule has 0 saturated carbocycles. The number of benzene rings is 1. The van der Waals surface area contributed by atoms with Crippen molar-refractivity contribution in [3.05, 3.63) is 24.3 Å². The third kappa shape index (κ3) is 18.2. The predicted molar refractivity (Wildman–Crippen MR) is 121 cm³/mol. The maximum Gasteiger partial charge on any atom is 0.155 e. The van der Waals surface area contributed by atoms with E-state index in [0.717, 1.165) is 56.9 Å². The van der Waals surface area contributed by atoms with E-state index in [2.05, 4.69) is 12.2 Å². The van der Waals surface area contributed by atoms with Gasteiger partial charge in [-0.3, -0.25) is 4.79 Å². The van der Waals surface area contributed by atoms with Crippen LogP contribution in [-0.2, 0) is 19.0 Å². The SMILES string of the molecule is CC.CCNc1ccc(OCCCOCCCCOCCCOCC(C)=O)cc1.[HH]. The van der Waals surface area contributed by atoms with E-state index in [0.29, 0.717) is 26.4 Å². The number of carbonyl (C=O) groups excluding carboxylic acids is 1. The second-order valence-electron chi connectivity index (χ2n) is 6.30. The van der Waals surface area contributed by atoms with Gasteiger partial charge < -0.3 is 24.3 Å². The van der Waals surface area contributed by atoms with Gasteiger partial charge in [-0.2, -0.15) is 0 Å². The highest BCUT2D eigenvalue weighted by Gasteiger charge is 1.97. The zero-order valence-electron chi connectivity index (χ0n) is 18.8. The van der Waals surface area contributed by atoms with Crippen molar-refractivity contribution < 1.29 is 25.2 Å². The Morgan fingerprint density at radius 2 is 1.34 bits per heavy atom. The zero-order chi connectivity index (χ0) is 21.6. The summed E-state index contributed by atoms with van der Waals surface area (Å²) in [5.41, 5.74) is 1.11. The molecule has 0 aromatic heterocycles. The predicted octanol–water partition coefficient (Wildman–Crippen LogP) is 4.97. The van der Waals surface area contributed by atoms with Crippen molar-refractivity contribution in [2.75, 3.05) is 58.1 Å². The minimum atomic E-state index is 0. The first kappa shape index (κ1) is 27.4. The Bertz CT molecular complexity index is 485. The number of nitrogens with one attached hydrogen (secondary N) is 1. The monoisotopic (exact) mass is 413 g/mol. The standard InChI is InChI=1S/C21H35NO5.C2H6.H2/c1-3-22-20-8-10-21(11-9-20)27-17-7-15-25-13-5-4-12-24-14-6-16-26-18-19(2)23;1-2;/h8-11,22H,3-7,12-18H2,1-2H3;1-2H3;1H. The molecule has 0 unspecified atom stereocenters. The molecule has 0 heterocycles. The average molecular weight is 414 g/mol. The number of unbranched alkanes of at least 4 members (excludes halogenated alkanes) is 1. The molecule has 6 heteroatoms. The molecule has 0 atom stereocenters. The van der Waals surface area contributed by atoms with Gasteiger partial charge in [0.25, 0.3) is 0 Å². The second-order valence-corrected chi connectivity index (χ2v) is 6.30. The molecule has 0 bridgehead atoms. The number of anilines is 1. The lowest BCUT2D eigenvalue weighted by atomic mass is 10.3. The summed E-state index contributed by atoms with van der Waals surface area (Å²) in [7, 11) is 0. The fourth-order valence-electron chi connectivity index (χ4n) is 2.32. The van der Waals surface area contributed by atoms with E-state index in [1.165, 1.54) is 6.92 Å². The second kappa shape index (κ2) is 21.1. The van der Waals surface area contributed by atoms with Gasteiger partial charge in [0.1, 0.15) is 12.4 Å². The molecule has 0 saturated heterocycles. The summed E-state index contributed by atoms with van der Waals surface area (Å²) >= 11 is 0. The molecule has 0 aliphatic carbocycles. The molecular weight excluding hydrogens is 370 g/mol. The molecule has 0 aliphatic heterocycles. The van der Waals surface area contributed by atoms with Crippen LogP contribution in [0.3, 0.4) is 0 Å². The molecule has 0 fully saturated rings. The maximum atomic E-state index is 10.7. The summed E-state index contributed by atoms with van der Waals surface area (Å²) in [5, 5.41) is 3.26. The number of Topliss-reactive ketones (excluding diaryl/α,β-unsaturated/α-hetero) is 1. The molecule has 0 radical (unpaired) electrons. The summed E-state index contributed by atoms with van der Waals surface area (Å²) in [6.07, 6.45) is 3.68. The van der Waals surface area contributed by atoms with Crippen molar-refractivity contribution in [1.82, 2.24) is 0 Å². The lowest BCUT2D eigenvalue weighted by Gasteiger charge is -2.08. The van der Waals surface area contributed by atoms with Gasteiger partial charge in [-0.1, -0.05) is 13.8 Å². The molecule has 1 aromatic carbocycles. The third-order valence-corrected chi connectivity index (χ3v) is 3.65. The Balaban J connectivity index is 0. The first-order valence-electron chi connectivity index (χ1n) is 10.9. The highest BCUT2D eigenvalue weighted by atomic mass is 16.5. The Hall–Kier alpha value is -1.63. The Morgan fingerprint density at radius 3 is 1.90 bits per heavy atom. The van der Waals surface area contributed by atoms with Gasteiger partial charge in [0.15, 0.2) is 5.78 Å². The van der Waals surface area contributed by atoms with Gasteiger partial charge in [0, 0.05) is 53.1 Å². The molecule has 1 rings (SSSR count). The zero-order valence-corrected chi connectivity index (χ0v) is 18.8. The summed E-state index contributed by atoms with van der Waals surface area (Å²) in [4.78, 5) is 10.7. The molecule has 170 valence electrons. The maximum absolute atomic E-state index is 10.7. The van der Waals surface area contributed by atoms with Gasteiger partial charge in [-0.05, 0) is 57.4 Å². The van der Waals surface area contributed by atoms with Crippen LogP contribution in [0.5, 0.6) is 5.75 Å². The van der Waals surface area contributed by atoms with Crippen LogP contribution in [0.2, 0.25) is 0 Å². The van der Waals surface area contributed by atoms with Crippen LogP contribution >= 0.6 is 0 Å². The molecule has 6 nitrogen and oxygen atoms in total. The Kier molecular flexibility index (Phi) is 19.9. The van der Waals surface area contributed by atoms with E-state index in [1.54, 1.807) is 0 Å². The fraction of sp³-hybridized carbons (Fsp3) is 0.696. The average Bonchev–Trinajstić information content (AvgIpc) is 2.73. The minimum Gasteiger partial charge on any atom is -0.494 e. The highest BCUT2D eigenvalue weighted by molar-refractivity contribution is 5.76. The normalized spacial score (nSPS) is 10.2. The van der Waals surface area contributed by atoms with Crippen molar-refractivity contribution >= 4 is 11.5 Å². The number of ether oxygens (including phenoxy) is 4. The Morgan fingerprint density at radius 1 is 0.828 bits per heavy atom. The lowest BCUT2D eigenvalue weighted by Crippen LogP contribution is -2.08. The summed E-state index contributed by atoms with van der Waals surface area (Å²) in [5.74, 6) is 0.946. The van der Waals surface area contributed by atoms with Gasteiger partial charge >= 0.3 is 0 Å². The van der Waals surface area contributed by atoms with Crippen LogP contribution < -0.4 is 10.1 Å². The largest absolute Gasteiger partial charge is 0.494 e.